The van der Waals surface area contributed by atoms with Crippen molar-refractivity contribution < 1.29 is 14.2 Å². The van der Waals surface area contributed by atoms with Crippen LogP contribution in [0.25, 0.3) is 0 Å². The molecule has 0 radical (unpaired) electrons. The van der Waals surface area contributed by atoms with E-state index >= 15 is 0 Å². The molecule has 1 aliphatic heterocycles. The van der Waals surface area contributed by atoms with Gasteiger partial charge >= 0.3 is 0 Å². The molecular formula is C19H24IN3O3. The van der Waals surface area contributed by atoms with Crippen LogP contribution in [0.15, 0.2) is 53.5 Å². The van der Waals surface area contributed by atoms with E-state index in [-0.39, 0.29) is 24.0 Å². The second kappa shape index (κ2) is 10.9. The number of hydrogen-bond donors (Lipinski definition) is 2. The van der Waals surface area contributed by atoms with Crippen LogP contribution in [0, 0.1) is 0 Å². The number of aliphatic imine (C=N–C) groups is 1. The third-order valence-corrected chi connectivity index (χ3v) is 3.77. The summed E-state index contributed by atoms with van der Waals surface area (Å²) in [5.74, 6) is 2.32. The standard InChI is InChI=1S/C19H23N3O3.HI/c1-20-19(21-9-10-23-13-15-5-3-2-4-6-15)22-12-16-7-8-17-18(11-16)25-14-24-17;/h2-8,11H,9-10,12-14H2,1H3,(H2,20,21,22);1H. The van der Waals surface area contributed by atoms with Crippen LogP contribution in [0.3, 0.4) is 0 Å². The summed E-state index contributed by atoms with van der Waals surface area (Å²) < 4.78 is 16.4. The molecule has 0 saturated heterocycles. The molecule has 0 aliphatic carbocycles. The molecule has 0 aromatic heterocycles. The fraction of sp³-hybridized carbons (Fsp3) is 0.316. The first-order valence-electron chi connectivity index (χ1n) is 8.30. The summed E-state index contributed by atoms with van der Waals surface area (Å²) in [6.45, 7) is 2.86. The molecule has 3 rings (SSSR count). The number of ether oxygens (including phenoxy) is 3. The number of nitrogens with one attached hydrogen (secondary N) is 2. The van der Waals surface area contributed by atoms with Gasteiger partial charge in [0.15, 0.2) is 17.5 Å². The number of nitrogens with zero attached hydrogens (tertiary/aromatic N) is 1. The molecule has 1 aliphatic rings. The molecule has 26 heavy (non-hydrogen) atoms. The van der Waals surface area contributed by atoms with Crippen LogP contribution in [-0.4, -0.2) is 33.0 Å². The normalized spacial score (nSPS) is 12.4. The first-order valence-corrected chi connectivity index (χ1v) is 8.30. The quantitative estimate of drug-likeness (QED) is 0.283. The Morgan fingerprint density at radius 1 is 1.04 bits per heavy atom. The first-order chi connectivity index (χ1) is 12.3. The van der Waals surface area contributed by atoms with E-state index in [0.29, 0.717) is 33.1 Å². The van der Waals surface area contributed by atoms with Crippen molar-refractivity contribution in [3.63, 3.8) is 0 Å². The molecule has 2 aromatic rings. The van der Waals surface area contributed by atoms with Crippen LogP contribution in [-0.2, 0) is 17.9 Å². The highest BCUT2D eigenvalue weighted by Crippen LogP contribution is 2.32. The van der Waals surface area contributed by atoms with Gasteiger partial charge in [0.25, 0.3) is 0 Å². The maximum atomic E-state index is 5.65. The van der Waals surface area contributed by atoms with Crippen molar-refractivity contribution in [2.24, 2.45) is 4.99 Å². The Balaban J connectivity index is 0.00000243. The van der Waals surface area contributed by atoms with Gasteiger partial charge in [-0.3, -0.25) is 4.99 Å². The Kier molecular flexibility index (Phi) is 8.49. The van der Waals surface area contributed by atoms with Gasteiger partial charge in [0, 0.05) is 20.1 Å². The lowest BCUT2D eigenvalue weighted by atomic mass is 10.2. The third-order valence-electron chi connectivity index (χ3n) is 3.77. The summed E-state index contributed by atoms with van der Waals surface area (Å²) in [5, 5.41) is 6.51. The lowest BCUT2D eigenvalue weighted by Crippen LogP contribution is -2.38. The van der Waals surface area contributed by atoms with Crippen LogP contribution < -0.4 is 20.1 Å². The van der Waals surface area contributed by atoms with Crippen molar-refractivity contribution in [3.05, 3.63) is 59.7 Å². The zero-order valence-corrected chi connectivity index (χ0v) is 17.1. The highest BCUT2D eigenvalue weighted by Gasteiger charge is 2.13. The lowest BCUT2D eigenvalue weighted by Gasteiger charge is -2.12. The van der Waals surface area contributed by atoms with Crippen LogP contribution >= 0.6 is 24.0 Å². The maximum absolute atomic E-state index is 5.65. The molecule has 1 heterocycles. The Morgan fingerprint density at radius 3 is 2.65 bits per heavy atom. The van der Waals surface area contributed by atoms with Gasteiger partial charge in [-0.1, -0.05) is 36.4 Å². The van der Waals surface area contributed by atoms with Crippen molar-refractivity contribution in [3.8, 4) is 11.5 Å². The van der Waals surface area contributed by atoms with Crippen LogP contribution in [0.5, 0.6) is 11.5 Å². The molecule has 0 atom stereocenters. The molecule has 0 spiro atoms. The van der Waals surface area contributed by atoms with Gasteiger partial charge in [-0.05, 0) is 23.3 Å². The lowest BCUT2D eigenvalue weighted by molar-refractivity contribution is 0.125. The van der Waals surface area contributed by atoms with Crippen LogP contribution in [0.1, 0.15) is 11.1 Å². The van der Waals surface area contributed by atoms with Gasteiger partial charge in [-0.2, -0.15) is 0 Å². The predicted molar refractivity (Wildman–Crippen MR) is 112 cm³/mol. The van der Waals surface area contributed by atoms with E-state index in [2.05, 4.69) is 27.8 Å². The van der Waals surface area contributed by atoms with E-state index in [1.54, 1.807) is 7.05 Å². The third kappa shape index (κ3) is 6.06. The Labute approximate surface area is 171 Å². The Bertz CT molecular complexity index is 710. The highest BCUT2D eigenvalue weighted by atomic mass is 127. The maximum Gasteiger partial charge on any atom is 0.231 e. The molecule has 140 valence electrons. The van der Waals surface area contributed by atoms with Crippen molar-refractivity contribution in [2.75, 3.05) is 27.0 Å². The molecule has 0 fully saturated rings. The number of halogens is 1. The minimum atomic E-state index is 0. The summed E-state index contributed by atoms with van der Waals surface area (Å²) in [6.07, 6.45) is 0. The zero-order valence-electron chi connectivity index (χ0n) is 14.7. The molecule has 0 unspecified atom stereocenters. The molecule has 0 bridgehead atoms. The topological polar surface area (TPSA) is 64.1 Å². The second-order valence-corrected chi connectivity index (χ2v) is 5.58. The van der Waals surface area contributed by atoms with Crippen molar-refractivity contribution in [1.29, 1.82) is 0 Å². The van der Waals surface area contributed by atoms with Crippen LogP contribution in [0.2, 0.25) is 0 Å². The number of rotatable bonds is 7. The number of fused-ring (bicyclic) bond motifs is 1. The number of benzene rings is 2. The van der Waals surface area contributed by atoms with Gasteiger partial charge in [0.2, 0.25) is 6.79 Å². The number of hydrogen-bond acceptors (Lipinski definition) is 4. The summed E-state index contributed by atoms with van der Waals surface area (Å²) in [6, 6.07) is 16.0. The van der Waals surface area contributed by atoms with E-state index in [1.807, 2.05) is 36.4 Å². The molecule has 2 aromatic carbocycles. The Morgan fingerprint density at radius 2 is 1.85 bits per heavy atom. The predicted octanol–water partition coefficient (Wildman–Crippen LogP) is 2.92. The molecule has 0 saturated carbocycles. The van der Waals surface area contributed by atoms with Crippen LogP contribution in [0.4, 0.5) is 0 Å². The van der Waals surface area contributed by atoms with Crippen molar-refractivity contribution in [1.82, 2.24) is 10.6 Å². The average Bonchev–Trinajstić information content (AvgIpc) is 3.12. The SMILES string of the molecule is CN=C(NCCOCc1ccccc1)NCc1ccc2c(c1)OCO2.I. The molecule has 2 N–H and O–H groups in total. The Hall–Kier alpha value is -2.00. The molecule has 0 amide bonds. The van der Waals surface area contributed by atoms with Crippen molar-refractivity contribution in [2.45, 2.75) is 13.2 Å². The number of guanidine groups is 1. The summed E-state index contributed by atoms with van der Waals surface area (Å²) in [4.78, 5) is 4.21. The second-order valence-electron chi connectivity index (χ2n) is 5.58. The van der Waals surface area contributed by atoms with E-state index < -0.39 is 0 Å². The van der Waals surface area contributed by atoms with E-state index in [1.165, 1.54) is 5.56 Å². The van der Waals surface area contributed by atoms with Gasteiger partial charge in [0.1, 0.15) is 0 Å². The smallest absolute Gasteiger partial charge is 0.231 e. The fourth-order valence-corrected chi connectivity index (χ4v) is 2.46. The zero-order chi connectivity index (χ0) is 17.3. The first kappa shape index (κ1) is 20.3. The van der Waals surface area contributed by atoms with Crippen molar-refractivity contribution >= 4 is 29.9 Å². The molecule has 7 heteroatoms. The van der Waals surface area contributed by atoms with Gasteiger partial charge in [-0.25, -0.2) is 0 Å². The minimum Gasteiger partial charge on any atom is -0.454 e. The largest absolute Gasteiger partial charge is 0.454 e. The highest BCUT2D eigenvalue weighted by molar-refractivity contribution is 14.0. The summed E-state index contributed by atoms with van der Waals surface area (Å²) >= 11 is 0. The average molecular weight is 469 g/mol. The monoisotopic (exact) mass is 469 g/mol. The van der Waals surface area contributed by atoms with Gasteiger partial charge < -0.3 is 24.8 Å². The molecule has 6 nitrogen and oxygen atoms in total. The van der Waals surface area contributed by atoms with Gasteiger partial charge in [-0.15, -0.1) is 24.0 Å². The van der Waals surface area contributed by atoms with E-state index in [4.69, 9.17) is 14.2 Å². The minimum absolute atomic E-state index is 0. The van der Waals surface area contributed by atoms with Gasteiger partial charge in [0.05, 0.1) is 13.2 Å². The summed E-state index contributed by atoms with van der Waals surface area (Å²) in [7, 11) is 1.75. The molecular weight excluding hydrogens is 445 g/mol. The fourth-order valence-electron chi connectivity index (χ4n) is 2.46. The van der Waals surface area contributed by atoms with E-state index in [9.17, 15) is 0 Å². The summed E-state index contributed by atoms with van der Waals surface area (Å²) in [5.41, 5.74) is 2.28. The van der Waals surface area contributed by atoms with E-state index in [0.717, 1.165) is 23.0 Å².